The van der Waals surface area contributed by atoms with E-state index in [-0.39, 0.29) is 6.10 Å². The highest BCUT2D eigenvalue weighted by atomic mass is 16.6. The molecule has 16 heavy (non-hydrogen) atoms. The Morgan fingerprint density at radius 2 is 2.25 bits per heavy atom. The summed E-state index contributed by atoms with van der Waals surface area (Å²) in [5.74, 6) is 0.856. The van der Waals surface area contributed by atoms with Crippen molar-refractivity contribution >= 4 is 10.9 Å². The van der Waals surface area contributed by atoms with E-state index in [1.165, 1.54) is 5.56 Å². The molecule has 0 amide bonds. The Labute approximate surface area is 93.8 Å². The molecule has 0 atom stereocenters. The Hall–Kier alpha value is -1.55. The molecule has 0 aliphatic carbocycles. The molecule has 4 nitrogen and oxygen atoms in total. The maximum absolute atomic E-state index is 5.83. The van der Waals surface area contributed by atoms with Crippen LogP contribution in [0.5, 0.6) is 5.75 Å². The number of aryl methyl sites for hydroxylation is 2. The van der Waals surface area contributed by atoms with Gasteiger partial charge < -0.3 is 9.47 Å². The van der Waals surface area contributed by atoms with Crippen LogP contribution < -0.4 is 4.74 Å². The van der Waals surface area contributed by atoms with Crippen LogP contribution in [0.4, 0.5) is 0 Å². The third-order valence-electron chi connectivity index (χ3n) is 2.87. The largest absolute Gasteiger partial charge is 0.483 e. The summed E-state index contributed by atoms with van der Waals surface area (Å²) < 4.78 is 12.7. The first kappa shape index (κ1) is 9.66. The van der Waals surface area contributed by atoms with Crippen LogP contribution in [0.1, 0.15) is 5.56 Å². The Balaban J connectivity index is 2.05. The fraction of sp³-hybridized carbons (Fsp3) is 0.417. The number of ether oxygens (including phenoxy) is 2. The van der Waals surface area contributed by atoms with Crippen molar-refractivity contribution in [2.45, 2.75) is 13.0 Å². The third-order valence-corrected chi connectivity index (χ3v) is 2.87. The standard InChI is InChI=1S/C12H14N2O2/c1-8-3-4-11(16-9-6-15-7-9)12-10(8)5-14(2)13-12/h3-5,9H,6-7H2,1-2H3. The first-order valence-electron chi connectivity index (χ1n) is 5.41. The van der Waals surface area contributed by atoms with Crippen molar-refractivity contribution in [3.63, 3.8) is 0 Å². The summed E-state index contributed by atoms with van der Waals surface area (Å²) in [6.07, 6.45) is 2.21. The molecule has 0 spiro atoms. The minimum absolute atomic E-state index is 0.188. The first-order valence-corrected chi connectivity index (χ1v) is 5.41. The molecule has 0 bridgehead atoms. The lowest BCUT2D eigenvalue weighted by molar-refractivity contribution is -0.0791. The van der Waals surface area contributed by atoms with E-state index in [9.17, 15) is 0 Å². The van der Waals surface area contributed by atoms with Crippen molar-refractivity contribution in [2.75, 3.05) is 13.2 Å². The second-order valence-electron chi connectivity index (χ2n) is 4.22. The van der Waals surface area contributed by atoms with E-state index in [4.69, 9.17) is 9.47 Å². The van der Waals surface area contributed by atoms with Gasteiger partial charge in [0.2, 0.25) is 0 Å². The minimum atomic E-state index is 0.188. The maximum atomic E-state index is 5.83. The Morgan fingerprint density at radius 1 is 1.44 bits per heavy atom. The molecule has 4 heteroatoms. The molecule has 2 heterocycles. The summed E-state index contributed by atoms with van der Waals surface area (Å²) in [6.45, 7) is 3.45. The highest BCUT2D eigenvalue weighted by Crippen LogP contribution is 2.28. The lowest BCUT2D eigenvalue weighted by Gasteiger charge is -2.26. The highest BCUT2D eigenvalue weighted by Gasteiger charge is 2.21. The molecule has 2 aromatic rings. The molecule has 1 aromatic carbocycles. The van der Waals surface area contributed by atoms with Crippen LogP contribution in [0.2, 0.25) is 0 Å². The molecule has 1 saturated heterocycles. The normalized spacial score (nSPS) is 16.4. The summed E-state index contributed by atoms with van der Waals surface area (Å²) in [5.41, 5.74) is 2.16. The Morgan fingerprint density at radius 3 is 2.94 bits per heavy atom. The number of hydrogen-bond acceptors (Lipinski definition) is 3. The zero-order chi connectivity index (χ0) is 11.1. The topological polar surface area (TPSA) is 36.3 Å². The summed E-state index contributed by atoms with van der Waals surface area (Å²) in [7, 11) is 1.93. The predicted octanol–water partition coefficient (Wildman–Crippen LogP) is 1.66. The molecule has 0 N–H and O–H groups in total. The summed E-state index contributed by atoms with van der Waals surface area (Å²) >= 11 is 0. The van der Waals surface area contributed by atoms with Gasteiger partial charge in [0.05, 0.1) is 13.2 Å². The van der Waals surface area contributed by atoms with Gasteiger partial charge in [-0.1, -0.05) is 6.07 Å². The van der Waals surface area contributed by atoms with Crippen molar-refractivity contribution in [1.29, 1.82) is 0 Å². The molecular formula is C12H14N2O2. The second kappa shape index (κ2) is 3.49. The number of benzene rings is 1. The van der Waals surface area contributed by atoms with E-state index in [0.717, 1.165) is 16.7 Å². The van der Waals surface area contributed by atoms with E-state index in [0.29, 0.717) is 13.2 Å². The van der Waals surface area contributed by atoms with Crippen molar-refractivity contribution in [3.05, 3.63) is 23.9 Å². The van der Waals surface area contributed by atoms with Crippen LogP contribution in [-0.2, 0) is 11.8 Å². The Kier molecular flexibility index (Phi) is 2.11. The molecule has 3 rings (SSSR count). The Bertz CT molecular complexity index is 529. The zero-order valence-corrected chi connectivity index (χ0v) is 9.43. The van der Waals surface area contributed by atoms with E-state index >= 15 is 0 Å². The number of fused-ring (bicyclic) bond motifs is 1. The molecular weight excluding hydrogens is 204 g/mol. The van der Waals surface area contributed by atoms with Gasteiger partial charge in [0, 0.05) is 18.6 Å². The summed E-state index contributed by atoms with van der Waals surface area (Å²) in [6, 6.07) is 4.06. The van der Waals surface area contributed by atoms with Crippen molar-refractivity contribution in [2.24, 2.45) is 7.05 Å². The SMILES string of the molecule is Cc1ccc(OC2COC2)c2nn(C)cc12. The van der Waals surface area contributed by atoms with E-state index < -0.39 is 0 Å². The zero-order valence-electron chi connectivity index (χ0n) is 9.43. The van der Waals surface area contributed by atoms with Crippen molar-refractivity contribution in [3.8, 4) is 5.75 Å². The quantitative estimate of drug-likeness (QED) is 0.769. The van der Waals surface area contributed by atoms with Gasteiger partial charge in [-0.3, -0.25) is 4.68 Å². The third kappa shape index (κ3) is 1.46. The molecule has 1 aliphatic rings. The van der Waals surface area contributed by atoms with Crippen LogP contribution in [0.25, 0.3) is 10.9 Å². The predicted molar refractivity (Wildman–Crippen MR) is 60.7 cm³/mol. The first-order chi connectivity index (χ1) is 7.74. The number of hydrogen-bond donors (Lipinski definition) is 0. The fourth-order valence-electron chi connectivity index (χ4n) is 1.89. The monoisotopic (exact) mass is 218 g/mol. The maximum Gasteiger partial charge on any atom is 0.148 e. The molecule has 0 radical (unpaired) electrons. The van der Waals surface area contributed by atoms with Gasteiger partial charge in [-0.05, 0) is 18.6 Å². The lowest BCUT2D eigenvalue weighted by Crippen LogP contribution is -2.38. The van der Waals surface area contributed by atoms with E-state index in [2.05, 4.69) is 18.1 Å². The molecule has 84 valence electrons. The van der Waals surface area contributed by atoms with Gasteiger partial charge in [-0.25, -0.2) is 0 Å². The van der Waals surface area contributed by atoms with Gasteiger partial charge in [-0.2, -0.15) is 5.10 Å². The van der Waals surface area contributed by atoms with Gasteiger partial charge >= 0.3 is 0 Å². The van der Waals surface area contributed by atoms with Crippen LogP contribution in [0.3, 0.4) is 0 Å². The van der Waals surface area contributed by atoms with Gasteiger partial charge in [0.15, 0.2) is 0 Å². The van der Waals surface area contributed by atoms with Gasteiger partial charge in [0.25, 0.3) is 0 Å². The van der Waals surface area contributed by atoms with Crippen molar-refractivity contribution in [1.82, 2.24) is 9.78 Å². The van der Waals surface area contributed by atoms with Crippen LogP contribution in [0, 0.1) is 6.92 Å². The van der Waals surface area contributed by atoms with Crippen LogP contribution >= 0.6 is 0 Å². The number of rotatable bonds is 2. The van der Waals surface area contributed by atoms with Gasteiger partial charge in [-0.15, -0.1) is 0 Å². The summed E-state index contributed by atoms with van der Waals surface area (Å²) in [5, 5.41) is 5.59. The number of nitrogens with zero attached hydrogens (tertiary/aromatic N) is 2. The van der Waals surface area contributed by atoms with E-state index in [1.54, 1.807) is 0 Å². The van der Waals surface area contributed by atoms with Crippen molar-refractivity contribution < 1.29 is 9.47 Å². The molecule has 1 fully saturated rings. The summed E-state index contributed by atoms with van der Waals surface area (Å²) in [4.78, 5) is 0. The highest BCUT2D eigenvalue weighted by molar-refractivity contribution is 5.87. The fourth-order valence-corrected chi connectivity index (χ4v) is 1.89. The molecule has 0 unspecified atom stereocenters. The van der Waals surface area contributed by atoms with Crippen LogP contribution in [-0.4, -0.2) is 29.1 Å². The van der Waals surface area contributed by atoms with E-state index in [1.807, 2.05) is 24.0 Å². The smallest absolute Gasteiger partial charge is 0.148 e. The van der Waals surface area contributed by atoms with Gasteiger partial charge in [0.1, 0.15) is 17.4 Å². The minimum Gasteiger partial charge on any atom is -0.483 e. The molecule has 1 aromatic heterocycles. The number of aromatic nitrogens is 2. The average Bonchev–Trinajstić information content (AvgIpc) is 2.57. The van der Waals surface area contributed by atoms with Crippen LogP contribution in [0.15, 0.2) is 18.3 Å². The average molecular weight is 218 g/mol. The molecule has 0 saturated carbocycles. The second-order valence-corrected chi connectivity index (χ2v) is 4.22. The molecule has 1 aliphatic heterocycles. The lowest BCUT2D eigenvalue weighted by atomic mass is 10.1.